The van der Waals surface area contributed by atoms with Gasteiger partial charge in [-0.25, -0.2) is 0 Å². The Kier molecular flexibility index (Phi) is 7.48. The summed E-state index contributed by atoms with van der Waals surface area (Å²) in [6.45, 7) is 2.36. The number of nitrogens with zero attached hydrogens (tertiary/aromatic N) is 2. The maximum absolute atomic E-state index is 13.7. The number of rotatable bonds is 8. The number of nitrogens with one attached hydrogen (secondary N) is 2. The van der Waals surface area contributed by atoms with Crippen LogP contribution < -0.4 is 14.8 Å². The first-order chi connectivity index (χ1) is 17.3. The van der Waals surface area contributed by atoms with Crippen molar-refractivity contribution in [3.8, 4) is 17.6 Å². The fraction of sp³-hybridized carbons (Fsp3) is 0.346. The summed E-state index contributed by atoms with van der Waals surface area (Å²) in [7, 11) is 0. The maximum atomic E-state index is 13.7. The van der Waals surface area contributed by atoms with Gasteiger partial charge in [0.2, 0.25) is 5.91 Å². The van der Waals surface area contributed by atoms with Gasteiger partial charge < -0.3 is 14.8 Å². The standard InChI is InChI=1S/C26H25F3N4O3/c1-2-9-35-24-11-17(19-12-25(34)31-14-22-20(19)13-32-33-22)5-6-23(24)36-15-18-4-3-16(7-8-30)10-21(18)26(27,28)29/h3-6,10-11,13,19H,2,7,9,12,14-15H2,1H3,(H,31,34)(H,32,33). The largest absolute Gasteiger partial charge is 0.490 e. The SMILES string of the molecule is CCCOc1cc(C2CC(=O)NCc3[nH]ncc32)ccc1OCc1ccc(CC#N)cc1C(F)(F)F. The van der Waals surface area contributed by atoms with Crippen LogP contribution in [0.4, 0.5) is 13.2 Å². The van der Waals surface area contributed by atoms with E-state index >= 15 is 0 Å². The minimum absolute atomic E-state index is 0.0433. The predicted octanol–water partition coefficient (Wildman–Crippen LogP) is 5.01. The number of hydrogen-bond acceptors (Lipinski definition) is 5. The van der Waals surface area contributed by atoms with Gasteiger partial charge in [0.05, 0.1) is 43.1 Å². The van der Waals surface area contributed by atoms with Crippen molar-refractivity contribution in [3.63, 3.8) is 0 Å². The van der Waals surface area contributed by atoms with E-state index in [0.717, 1.165) is 29.3 Å². The Bertz CT molecular complexity index is 1280. The van der Waals surface area contributed by atoms with Gasteiger partial charge in [0, 0.05) is 23.5 Å². The van der Waals surface area contributed by atoms with Crippen LogP contribution in [0.25, 0.3) is 0 Å². The highest BCUT2D eigenvalue weighted by Gasteiger charge is 2.34. The van der Waals surface area contributed by atoms with Gasteiger partial charge in [-0.1, -0.05) is 25.1 Å². The Morgan fingerprint density at radius 3 is 2.75 bits per heavy atom. The molecule has 0 saturated heterocycles. The second-order valence-electron chi connectivity index (χ2n) is 8.50. The van der Waals surface area contributed by atoms with E-state index in [2.05, 4.69) is 15.5 Å². The number of hydrogen-bond donors (Lipinski definition) is 2. The number of H-pyrrole nitrogens is 1. The molecule has 1 amide bonds. The molecular weight excluding hydrogens is 473 g/mol. The number of carbonyl (C=O) groups is 1. The van der Waals surface area contributed by atoms with Gasteiger partial charge >= 0.3 is 6.18 Å². The average Bonchev–Trinajstić information content (AvgIpc) is 3.26. The van der Waals surface area contributed by atoms with Gasteiger partial charge in [0.15, 0.2) is 11.5 Å². The number of ether oxygens (including phenoxy) is 2. The zero-order valence-corrected chi connectivity index (χ0v) is 19.6. The Morgan fingerprint density at radius 2 is 2.00 bits per heavy atom. The third-order valence-corrected chi connectivity index (χ3v) is 5.96. The molecule has 36 heavy (non-hydrogen) atoms. The van der Waals surface area contributed by atoms with Crippen molar-refractivity contribution in [3.05, 3.63) is 76.1 Å². The van der Waals surface area contributed by atoms with Crippen LogP contribution in [0.2, 0.25) is 0 Å². The molecule has 2 heterocycles. The van der Waals surface area contributed by atoms with E-state index < -0.39 is 11.7 Å². The number of carbonyl (C=O) groups excluding carboxylic acids is 1. The molecule has 0 spiro atoms. The molecule has 0 fully saturated rings. The van der Waals surface area contributed by atoms with Crippen LogP contribution in [-0.2, 0) is 30.5 Å². The first-order valence-electron chi connectivity index (χ1n) is 11.5. The molecule has 10 heteroatoms. The van der Waals surface area contributed by atoms with Gasteiger partial charge in [-0.3, -0.25) is 9.89 Å². The molecule has 2 N–H and O–H groups in total. The van der Waals surface area contributed by atoms with Gasteiger partial charge in [0.25, 0.3) is 0 Å². The summed E-state index contributed by atoms with van der Waals surface area (Å²) in [6.07, 6.45) is -2.05. The molecule has 3 aromatic rings. The number of amides is 1. The van der Waals surface area contributed by atoms with Gasteiger partial charge in [-0.15, -0.1) is 0 Å². The topological polar surface area (TPSA) is 100 Å². The molecule has 1 aliphatic heterocycles. The number of aromatic nitrogens is 2. The van der Waals surface area contributed by atoms with E-state index in [-0.39, 0.29) is 42.4 Å². The normalized spacial score (nSPS) is 15.4. The van der Waals surface area contributed by atoms with E-state index in [0.29, 0.717) is 24.7 Å². The second kappa shape index (κ2) is 10.7. The number of aromatic amines is 1. The summed E-state index contributed by atoms with van der Waals surface area (Å²) in [5.74, 6) is 0.329. The molecule has 188 valence electrons. The molecule has 1 aromatic heterocycles. The lowest BCUT2D eigenvalue weighted by Crippen LogP contribution is -2.21. The van der Waals surface area contributed by atoms with Crippen LogP contribution in [0.1, 0.15) is 59.2 Å². The number of fused-ring (bicyclic) bond motifs is 1. The van der Waals surface area contributed by atoms with Crippen LogP contribution in [0.5, 0.6) is 11.5 Å². The highest BCUT2D eigenvalue weighted by molar-refractivity contribution is 5.78. The highest BCUT2D eigenvalue weighted by atomic mass is 19.4. The molecule has 0 saturated carbocycles. The van der Waals surface area contributed by atoms with Crippen LogP contribution >= 0.6 is 0 Å². The summed E-state index contributed by atoms with van der Waals surface area (Å²) in [5.41, 5.74) is 1.94. The summed E-state index contributed by atoms with van der Waals surface area (Å²) in [4.78, 5) is 12.3. The van der Waals surface area contributed by atoms with Crippen molar-refractivity contribution in [2.75, 3.05) is 6.61 Å². The van der Waals surface area contributed by atoms with Crippen LogP contribution in [0.3, 0.4) is 0 Å². The minimum atomic E-state index is -4.59. The number of halogens is 3. The van der Waals surface area contributed by atoms with Crippen LogP contribution in [-0.4, -0.2) is 22.7 Å². The summed E-state index contributed by atoms with van der Waals surface area (Å²) < 4.78 is 52.7. The third kappa shape index (κ3) is 5.62. The van der Waals surface area contributed by atoms with Crippen molar-refractivity contribution >= 4 is 5.91 Å². The zero-order chi connectivity index (χ0) is 25.7. The number of nitriles is 1. The van der Waals surface area contributed by atoms with Crippen LogP contribution in [0, 0.1) is 11.3 Å². The lowest BCUT2D eigenvalue weighted by Gasteiger charge is -2.19. The van der Waals surface area contributed by atoms with E-state index in [1.54, 1.807) is 24.4 Å². The summed E-state index contributed by atoms with van der Waals surface area (Å²) >= 11 is 0. The summed E-state index contributed by atoms with van der Waals surface area (Å²) in [5, 5.41) is 18.7. The lowest BCUT2D eigenvalue weighted by molar-refractivity contribution is -0.138. The van der Waals surface area contributed by atoms with Crippen molar-refractivity contribution in [1.82, 2.24) is 15.5 Å². The Morgan fingerprint density at radius 1 is 1.17 bits per heavy atom. The monoisotopic (exact) mass is 498 g/mol. The van der Waals surface area contributed by atoms with E-state index in [4.69, 9.17) is 14.7 Å². The molecule has 0 radical (unpaired) electrons. The van der Waals surface area contributed by atoms with E-state index in [1.807, 2.05) is 13.0 Å². The van der Waals surface area contributed by atoms with Crippen molar-refractivity contribution in [1.29, 1.82) is 5.26 Å². The van der Waals surface area contributed by atoms with Crippen molar-refractivity contribution < 1.29 is 27.4 Å². The van der Waals surface area contributed by atoms with Crippen LogP contribution in [0.15, 0.2) is 42.6 Å². The van der Waals surface area contributed by atoms with E-state index in [9.17, 15) is 18.0 Å². The molecular formula is C26H25F3N4O3. The molecule has 1 atom stereocenters. The maximum Gasteiger partial charge on any atom is 0.416 e. The van der Waals surface area contributed by atoms with Crippen molar-refractivity contribution in [2.24, 2.45) is 0 Å². The molecule has 7 nitrogen and oxygen atoms in total. The first-order valence-corrected chi connectivity index (χ1v) is 11.5. The lowest BCUT2D eigenvalue weighted by atomic mass is 9.89. The molecule has 0 bridgehead atoms. The molecule has 1 aliphatic rings. The quantitative estimate of drug-likeness (QED) is 0.455. The highest BCUT2D eigenvalue weighted by Crippen LogP contribution is 2.38. The van der Waals surface area contributed by atoms with Gasteiger partial charge in [-0.2, -0.15) is 23.5 Å². The Hall–Kier alpha value is -4.00. The Balaban J connectivity index is 1.63. The molecule has 0 aliphatic carbocycles. The van der Waals surface area contributed by atoms with Gasteiger partial charge in [0.1, 0.15) is 6.61 Å². The number of benzene rings is 2. The van der Waals surface area contributed by atoms with Gasteiger partial charge in [-0.05, 0) is 35.7 Å². The number of alkyl halides is 3. The predicted molar refractivity (Wildman–Crippen MR) is 124 cm³/mol. The second-order valence-corrected chi connectivity index (χ2v) is 8.50. The zero-order valence-electron chi connectivity index (χ0n) is 19.6. The molecule has 4 rings (SSSR count). The fourth-order valence-corrected chi connectivity index (χ4v) is 4.17. The third-order valence-electron chi connectivity index (χ3n) is 5.96. The fourth-order valence-electron chi connectivity index (χ4n) is 4.17. The summed E-state index contributed by atoms with van der Waals surface area (Å²) in [6, 6.07) is 10.9. The van der Waals surface area contributed by atoms with Crippen molar-refractivity contribution in [2.45, 2.75) is 51.4 Å². The minimum Gasteiger partial charge on any atom is -0.490 e. The smallest absolute Gasteiger partial charge is 0.416 e. The molecule has 2 aromatic carbocycles. The first kappa shape index (κ1) is 25.1. The average molecular weight is 499 g/mol. The molecule has 1 unspecified atom stereocenters. The van der Waals surface area contributed by atoms with E-state index in [1.165, 1.54) is 12.1 Å². The Labute approximate surface area is 206 Å².